The minimum absolute atomic E-state index is 0.128. The van der Waals surface area contributed by atoms with E-state index in [1.165, 1.54) is 7.11 Å². The zero-order valence-electron chi connectivity index (χ0n) is 11.5. The monoisotopic (exact) mass is 326 g/mol. The van der Waals surface area contributed by atoms with Crippen LogP contribution in [0.1, 0.15) is 23.1 Å². The van der Waals surface area contributed by atoms with E-state index in [2.05, 4.69) is 4.98 Å². The highest BCUT2D eigenvalue weighted by Crippen LogP contribution is 2.35. The third kappa shape index (κ3) is 3.47. The summed E-state index contributed by atoms with van der Waals surface area (Å²) < 4.78 is 5.22. The van der Waals surface area contributed by atoms with Gasteiger partial charge in [-0.25, -0.2) is 4.98 Å². The average Bonchev–Trinajstić information content (AvgIpc) is 2.51. The fraction of sp³-hybridized carbons (Fsp3) is 0.267. The van der Waals surface area contributed by atoms with E-state index in [1.807, 2.05) is 6.07 Å². The molecule has 0 amide bonds. The zero-order chi connectivity index (χ0) is 15.4. The number of ether oxygens (including phenoxy) is 1. The summed E-state index contributed by atoms with van der Waals surface area (Å²) in [6.45, 7) is -0.128. The van der Waals surface area contributed by atoms with Crippen molar-refractivity contribution in [1.82, 2.24) is 4.98 Å². The largest absolute Gasteiger partial charge is 0.481 e. The van der Waals surface area contributed by atoms with Crippen LogP contribution in [0.4, 0.5) is 0 Å². The quantitative estimate of drug-likeness (QED) is 0.885. The van der Waals surface area contributed by atoms with E-state index in [0.717, 1.165) is 11.1 Å². The van der Waals surface area contributed by atoms with Gasteiger partial charge in [0.2, 0.25) is 5.88 Å². The molecule has 0 radical (unpaired) electrons. The highest BCUT2D eigenvalue weighted by Gasteiger charge is 2.24. The minimum atomic E-state index is -0.476. The second-order valence-corrected chi connectivity index (χ2v) is 5.40. The van der Waals surface area contributed by atoms with Crippen LogP contribution in [-0.2, 0) is 0 Å². The van der Waals surface area contributed by atoms with E-state index in [0.29, 0.717) is 15.9 Å². The van der Waals surface area contributed by atoms with E-state index in [1.54, 1.807) is 30.5 Å². The van der Waals surface area contributed by atoms with Crippen LogP contribution in [0.15, 0.2) is 36.5 Å². The molecule has 1 heterocycles. The van der Waals surface area contributed by atoms with E-state index in [4.69, 9.17) is 33.7 Å². The van der Waals surface area contributed by atoms with Crippen molar-refractivity contribution in [2.75, 3.05) is 13.7 Å². The van der Waals surface area contributed by atoms with Crippen LogP contribution in [0.3, 0.4) is 0 Å². The summed E-state index contributed by atoms with van der Waals surface area (Å²) in [6.07, 6.45) is 1.63. The van der Waals surface area contributed by atoms with Gasteiger partial charge in [0.05, 0.1) is 23.8 Å². The molecule has 0 aliphatic rings. The molecule has 0 saturated carbocycles. The number of aliphatic hydroxyl groups is 1. The molecule has 0 aliphatic heterocycles. The van der Waals surface area contributed by atoms with Gasteiger partial charge in [-0.2, -0.15) is 0 Å². The summed E-state index contributed by atoms with van der Waals surface area (Å²) in [6, 6.07) is 8.34. The Bertz CT molecular complexity index is 622. The van der Waals surface area contributed by atoms with Gasteiger partial charge in [0.25, 0.3) is 0 Å². The van der Waals surface area contributed by atoms with Crippen LogP contribution in [0.25, 0.3) is 0 Å². The molecular weight excluding hydrogens is 311 g/mol. The fourth-order valence-corrected chi connectivity index (χ4v) is 2.52. The molecule has 0 bridgehead atoms. The molecule has 2 atom stereocenters. The lowest BCUT2D eigenvalue weighted by atomic mass is 9.88. The van der Waals surface area contributed by atoms with Crippen molar-refractivity contribution in [2.45, 2.75) is 12.0 Å². The van der Waals surface area contributed by atoms with Crippen LogP contribution in [0.5, 0.6) is 5.88 Å². The molecule has 0 saturated heterocycles. The van der Waals surface area contributed by atoms with E-state index in [9.17, 15) is 5.11 Å². The van der Waals surface area contributed by atoms with Gasteiger partial charge in [-0.3, -0.25) is 0 Å². The first-order valence-corrected chi connectivity index (χ1v) is 7.14. The number of hydrogen-bond donors (Lipinski definition) is 2. The maximum atomic E-state index is 9.72. The van der Waals surface area contributed by atoms with Crippen LogP contribution >= 0.6 is 23.2 Å². The summed E-state index contributed by atoms with van der Waals surface area (Å²) in [7, 11) is 1.53. The molecule has 0 fully saturated rings. The summed E-state index contributed by atoms with van der Waals surface area (Å²) in [4.78, 5) is 4.13. The predicted octanol–water partition coefficient (Wildman–Crippen LogP) is 3.17. The van der Waals surface area contributed by atoms with Gasteiger partial charge in [0, 0.05) is 23.7 Å². The first-order valence-electron chi connectivity index (χ1n) is 6.38. The highest BCUT2D eigenvalue weighted by molar-refractivity contribution is 6.42. The minimum Gasteiger partial charge on any atom is -0.481 e. The number of nitrogens with zero attached hydrogens (tertiary/aromatic N) is 1. The molecule has 112 valence electrons. The lowest BCUT2D eigenvalue weighted by Crippen LogP contribution is -2.23. The second-order valence-electron chi connectivity index (χ2n) is 4.59. The SMILES string of the molecule is COc1ncccc1C(N)C(CO)c1ccc(Cl)c(Cl)c1. The predicted molar refractivity (Wildman–Crippen MR) is 84.0 cm³/mol. The van der Waals surface area contributed by atoms with Crippen molar-refractivity contribution in [2.24, 2.45) is 5.73 Å². The van der Waals surface area contributed by atoms with Gasteiger partial charge in [-0.15, -0.1) is 0 Å². The van der Waals surface area contributed by atoms with Crippen LogP contribution in [-0.4, -0.2) is 23.8 Å². The third-order valence-electron chi connectivity index (χ3n) is 3.36. The van der Waals surface area contributed by atoms with Crippen LogP contribution in [0, 0.1) is 0 Å². The molecule has 21 heavy (non-hydrogen) atoms. The van der Waals surface area contributed by atoms with Gasteiger partial charge in [0.15, 0.2) is 0 Å². The Morgan fingerprint density at radius 1 is 1.29 bits per heavy atom. The standard InChI is InChI=1S/C15H16Cl2N2O2/c1-21-15-10(3-2-6-19-15)14(18)11(8-20)9-4-5-12(16)13(17)7-9/h2-7,11,14,20H,8,18H2,1H3. The van der Waals surface area contributed by atoms with Gasteiger partial charge < -0.3 is 15.6 Å². The summed E-state index contributed by atoms with van der Waals surface area (Å²) >= 11 is 11.9. The van der Waals surface area contributed by atoms with Crippen molar-refractivity contribution in [3.05, 3.63) is 57.7 Å². The third-order valence-corrected chi connectivity index (χ3v) is 4.09. The number of aliphatic hydroxyl groups excluding tert-OH is 1. The van der Waals surface area contributed by atoms with Gasteiger partial charge >= 0.3 is 0 Å². The molecule has 4 nitrogen and oxygen atoms in total. The molecule has 6 heteroatoms. The van der Waals surface area contributed by atoms with E-state index < -0.39 is 6.04 Å². The van der Waals surface area contributed by atoms with Gasteiger partial charge in [0.1, 0.15) is 0 Å². The summed E-state index contributed by atoms with van der Waals surface area (Å²) in [5, 5.41) is 10.6. The number of methoxy groups -OCH3 is 1. The highest BCUT2D eigenvalue weighted by atomic mass is 35.5. The molecule has 0 spiro atoms. The summed E-state index contributed by atoms with van der Waals surface area (Å²) in [5.74, 6) is 0.112. The Balaban J connectivity index is 2.38. The lowest BCUT2D eigenvalue weighted by molar-refractivity contribution is 0.246. The number of aromatic nitrogens is 1. The Kier molecular flexibility index (Phi) is 5.42. The van der Waals surface area contributed by atoms with Crippen LogP contribution < -0.4 is 10.5 Å². The first kappa shape index (κ1) is 16.0. The van der Waals surface area contributed by atoms with Gasteiger partial charge in [-0.1, -0.05) is 35.3 Å². The van der Waals surface area contributed by atoms with E-state index >= 15 is 0 Å². The molecule has 3 N–H and O–H groups in total. The number of pyridine rings is 1. The van der Waals surface area contributed by atoms with Crippen LogP contribution in [0.2, 0.25) is 10.0 Å². The molecular formula is C15H16Cl2N2O2. The number of rotatable bonds is 5. The number of halogens is 2. The topological polar surface area (TPSA) is 68.4 Å². The molecule has 2 rings (SSSR count). The Labute approximate surface area is 133 Å². The van der Waals surface area contributed by atoms with Crippen molar-refractivity contribution >= 4 is 23.2 Å². The molecule has 2 aromatic rings. The molecule has 1 aromatic heterocycles. The van der Waals surface area contributed by atoms with Crippen molar-refractivity contribution in [3.63, 3.8) is 0 Å². The second kappa shape index (κ2) is 7.09. The summed E-state index contributed by atoms with van der Waals surface area (Å²) in [5.41, 5.74) is 7.83. The Hall–Kier alpha value is -1.33. The Morgan fingerprint density at radius 2 is 2.05 bits per heavy atom. The number of nitrogens with two attached hydrogens (primary N) is 1. The zero-order valence-corrected chi connectivity index (χ0v) is 13.0. The maximum Gasteiger partial charge on any atom is 0.217 e. The maximum absolute atomic E-state index is 9.72. The fourth-order valence-electron chi connectivity index (χ4n) is 2.21. The Morgan fingerprint density at radius 3 is 2.67 bits per heavy atom. The first-order chi connectivity index (χ1) is 10.1. The molecule has 0 aliphatic carbocycles. The average molecular weight is 327 g/mol. The van der Waals surface area contributed by atoms with E-state index in [-0.39, 0.29) is 12.5 Å². The molecule has 2 unspecified atom stereocenters. The number of benzene rings is 1. The molecule has 1 aromatic carbocycles. The number of hydrogen-bond acceptors (Lipinski definition) is 4. The lowest BCUT2D eigenvalue weighted by Gasteiger charge is -2.24. The van der Waals surface area contributed by atoms with Gasteiger partial charge in [-0.05, 0) is 23.8 Å². The van der Waals surface area contributed by atoms with Crippen molar-refractivity contribution in [1.29, 1.82) is 0 Å². The van der Waals surface area contributed by atoms with Crippen molar-refractivity contribution in [3.8, 4) is 5.88 Å². The normalized spacial score (nSPS) is 13.8. The smallest absolute Gasteiger partial charge is 0.217 e. The van der Waals surface area contributed by atoms with Crippen molar-refractivity contribution < 1.29 is 9.84 Å².